The quantitative estimate of drug-likeness (QED) is 0.221. The number of aromatic nitrogens is 3. The molecule has 0 unspecified atom stereocenters. The average molecular weight is 660 g/mol. The standard InChI is InChI=1S/C32H27F6N5O4/c1-2-19-21(34)5-4-16-10-18(45)11-20(23(16)19)26-25(35)27-24-28(43(8-9-44)22(32(36,37)38)14-46-29(24)39-26)41-30(40-27)47-15-31-6-3-7-42(31)13-17(33)12-31/h1,4-5,10-11,17,22,44-45H,3,6-9,12-15H2/t17-,22-,31+/m1/s1. The van der Waals surface area contributed by atoms with Gasteiger partial charge in [0.05, 0.1) is 17.7 Å². The normalized spacial score (nSPS) is 22.7. The van der Waals surface area contributed by atoms with Crippen molar-refractivity contribution in [2.24, 2.45) is 0 Å². The Kier molecular flexibility index (Phi) is 7.47. The maximum absolute atomic E-state index is 16.8. The van der Waals surface area contributed by atoms with E-state index in [4.69, 9.17) is 15.9 Å². The number of halogens is 6. The molecule has 246 valence electrons. The predicted octanol–water partition coefficient (Wildman–Crippen LogP) is 4.89. The number of ether oxygens (including phenoxy) is 2. The molecule has 2 N–H and O–H groups in total. The van der Waals surface area contributed by atoms with Gasteiger partial charge in [-0.05, 0) is 43.0 Å². The van der Waals surface area contributed by atoms with Crippen LogP contribution in [-0.2, 0) is 0 Å². The van der Waals surface area contributed by atoms with Gasteiger partial charge in [0.25, 0.3) is 0 Å². The van der Waals surface area contributed by atoms with Crippen LogP contribution >= 0.6 is 0 Å². The first-order valence-electron chi connectivity index (χ1n) is 14.9. The molecule has 5 heterocycles. The Hall–Kier alpha value is -4.55. The highest BCUT2D eigenvalue weighted by molar-refractivity contribution is 6.04. The lowest BCUT2D eigenvalue weighted by molar-refractivity contribution is -0.154. The zero-order valence-electron chi connectivity index (χ0n) is 24.6. The Morgan fingerprint density at radius 3 is 2.70 bits per heavy atom. The largest absolute Gasteiger partial charge is 0.508 e. The summed E-state index contributed by atoms with van der Waals surface area (Å²) < 4.78 is 101. The van der Waals surface area contributed by atoms with Gasteiger partial charge in [0.1, 0.15) is 53.4 Å². The first kappa shape index (κ1) is 31.1. The molecule has 0 aliphatic carbocycles. The number of aromatic hydroxyl groups is 1. The fourth-order valence-corrected chi connectivity index (χ4v) is 7.10. The van der Waals surface area contributed by atoms with Crippen LogP contribution in [0.1, 0.15) is 24.8 Å². The van der Waals surface area contributed by atoms with E-state index in [1.54, 1.807) is 0 Å². The summed E-state index contributed by atoms with van der Waals surface area (Å²) in [5.74, 6) is -1.01. The van der Waals surface area contributed by atoms with E-state index in [9.17, 15) is 32.2 Å². The zero-order valence-corrected chi connectivity index (χ0v) is 24.6. The van der Waals surface area contributed by atoms with Crippen molar-refractivity contribution in [3.63, 3.8) is 0 Å². The fourth-order valence-electron chi connectivity index (χ4n) is 7.10. The summed E-state index contributed by atoms with van der Waals surface area (Å²) in [5, 5.41) is 20.2. The Morgan fingerprint density at radius 1 is 1.15 bits per heavy atom. The Labute approximate surface area is 263 Å². The number of terminal acetylenes is 1. The number of pyridine rings is 1. The number of aliphatic hydroxyl groups excluding tert-OH is 1. The molecule has 2 aromatic carbocycles. The minimum Gasteiger partial charge on any atom is -0.508 e. The molecule has 47 heavy (non-hydrogen) atoms. The average Bonchev–Trinajstić information content (AvgIpc) is 3.49. The van der Waals surface area contributed by atoms with Crippen LogP contribution in [0.3, 0.4) is 0 Å². The highest BCUT2D eigenvalue weighted by Gasteiger charge is 2.50. The smallest absolute Gasteiger partial charge is 0.412 e. The van der Waals surface area contributed by atoms with Crippen LogP contribution in [-0.4, -0.2) is 93.4 Å². The number of fused-ring (bicyclic) bond motifs is 2. The van der Waals surface area contributed by atoms with Crippen LogP contribution in [0.25, 0.3) is 32.9 Å². The molecule has 2 fully saturated rings. The maximum atomic E-state index is 16.8. The topological polar surface area (TPSA) is 104 Å². The van der Waals surface area contributed by atoms with Gasteiger partial charge in [-0.1, -0.05) is 12.0 Å². The fraction of sp³-hybridized carbons (Fsp3) is 0.406. The molecule has 0 radical (unpaired) electrons. The molecule has 3 atom stereocenters. The molecule has 15 heteroatoms. The number of anilines is 1. The van der Waals surface area contributed by atoms with Crippen molar-refractivity contribution >= 4 is 27.5 Å². The van der Waals surface area contributed by atoms with Crippen molar-refractivity contribution in [3.05, 3.63) is 41.5 Å². The molecule has 0 amide bonds. The van der Waals surface area contributed by atoms with E-state index in [2.05, 4.69) is 20.9 Å². The molecule has 9 nitrogen and oxygen atoms in total. The molecule has 3 aliphatic rings. The molecule has 4 aromatic rings. The van der Waals surface area contributed by atoms with E-state index in [-0.39, 0.29) is 52.6 Å². The highest BCUT2D eigenvalue weighted by Crippen LogP contribution is 2.45. The summed E-state index contributed by atoms with van der Waals surface area (Å²) in [6.07, 6.45) is 1.20. The lowest BCUT2D eigenvalue weighted by atomic mass is 9.95. The second-order valence-electron chi connectivity index (χ2n) is 11.9. The number of alkyl halides is 4. The van der Waals surface area contributed by atoms with E-state index in [1.165, 1.54) is 12.1 Å². The van der Waals surface area contributed by atoms with Crippen LogP contribution in [0, 0.1) is 24.0 Å². The predicted molar refractivity (Wildman–Crippen MR) is 158 cm³/mol. The summed E-state index contributed by atoms with van der Waals surface area (Å²) in [6, 6.07) is 1.96. The Balaban J connectivity index is 1.47. The zero-order chi connectivity index (χ0) is 33.2. The third-order valence-electron chi connectivity index (χ3n) is 9.14. The van der Waals surface area contributed by atoms with Gasteiger partial charge in [0.2, 0.25) is 5.88 Å². The number of hydrogen-bond acceptors (Lipinski definition) is 9. The Bertz CT molecular complexity index is 1950. The van der Waals surface area contributed by atoms with Crippen molar-refractivity contribution in [1.82, 2.24) is 19.9 Å². The van der Waals surface area contributed by atoms with Gasteiger partial charge in [0.15, 0.2) is 11.9 Å². The van der Waals surface area contributed by atoms with Crippen molar-refractivity contribution in [2.75, 3.05) is 44.4 Å². The van der Waals surface area contributed by atoms with E-state index < -0.39 is 84.2 Å². The van der Waals surface area contributed by atoms with Gasteiger partial charge >= 0.3 is 12.2 Å². The molecule has 3 aliphatic heterocycles. The number of benzene rings is 2. The molecule has 0 spiro atoms. The van der Waals surface area contributed by atoms with Gasteiger partial charge in [-0.2, -0.15) is 23.1 Å². The third kappa shape index (κ3) is 5.10. The van der Waals surface area contributed by atoms with Crippen LogP contribution in [0.2, 0.25) is 0 Å². The maximum Gasteiger partial charge on any atom is 0.412 e. The minimum absolute atomic E-state index is 0.0140. The van der Waals surface area contributed by atoms with E-state index in [1.807, 2.05) is 4.90 Å². The highest BCUT2D eigenvalue weighted by atomic mass is 19.4. The van der Waals surface area contributed by atoms with Crippen LogP contribution in [0.5, 0.6) is 17.6 Å². The first-order valence-corrected chi connectivity index (χ1v) is 14.9. The van der Waals surface area contributed by atoms with Gasteiger partial charge in [-0.15, -0.1) is 6.42 Å². The molecular weight excluding hydrogens is 632 g/mol. The van der Waals surface area contributed by atoms with Crippen molar-refractivity contribution in [1.29, 1.82) is 0 Å². The van der Waals surface area contributed by atoms with Gasteiger partial charge in [-0.3, -0.25) is 4.90 Å². The van der Waals surface area contributed by atoms with Crippen LogP contribution < -0.4 is 14.4 Å². The van der Waals surface area contributed by atoms with Crippen LogP contribution in [0.4, 0.5) is 32.2 Å². The van der Waals surface area contributed by atoms with Crippen LogP contribution in [0.15, 0.2) is 24.3 Å². The molecule has 2 aromatic heterocycles. The molecule has 2 saturated heterocycles. The Morgan fingerprint density at radius 2 is 1.96 bits per heavy atom. The number of rotatable bonds is 6. The molecular formula is C32H27F6N5O4. The van der Waals surface area contributed by atoms with Crippen molar-refractivity contribution in [3.8, 4) is 41.2 Å². The monoisotopic (exact) mass is 659 g/mol. The number of hydrogen-bond donors (Lipinski definition) is 2. The van der Waals surface area contributed by atoms with E-state index >= 15 is 4.39 Å². The molecule has 0 saturated carbocycles. The summed E-state index contributed by atoms with van der Waals surface area (Å²) in [7, 11) is 0. The summed E-state index contributed by atoms with van der Waals surface area (Å²) in [4.78, 5) is 15.4. The second kappa shape index (κ2) is 11.3. The summed E-state index contributed by atoms with van der Waals surface area (Å²) in [5.41, 5.74) is -2.19. The summed E-state index contributed by atoms with van der Waals surface area (Å²) >= 11 is 0. The van der Waals surface area contributed by atoms with E-state index in [0.717, 1.165) is 23.5 Å². The third-order valence-corrected chi connectivity index (χ3v) is 9.14. The lowest BCUT2D eigenvalue weighted by Crippen LogP contribution is -2.50. The second-order valence-corrected chi connectivity index (χ2v) is 11.9. The summed E-state index contributed by atoms with van der Waals surface area (Å²) in [6.45, 7) is -1.54. The lowest BCUT2D eigenvalue weighted by Gasteiger charge is -2.32. The number of phenolic OH excluding ortho intramolecular Hbond substituents is 1. The van der Waals surface area contributed by atoms with Gasteiger partial charge in [0, 0.05) is 30.5 Å². The van der Waals surface area contributed by atoms with Crippen molar-refractivity contribution < 1.29 is 46.0 Å². The molecule has 0 bridgehead atoms. The molecule has 7 rings (SSSR count). The SMILES string of the molecule is C#Cc1c(F)ccc2cc(O)cc(-c3nc4c5c(nc(OC[C@@]67CCCN6C[C@H](F)C7)nc5c3F)N(CCO)[C@@H](C(F)(F)F)CO4)c12. The number of nitrogens with zero attached hydrogens (tertiary/aromatic N) is 5. The van der Waals surface area contributed by atoms with E-state index in [0.29, 0.717) is 13.0 Å². The number of β-amino-alcohol motifs (C(OH)–C–C–N with tert-alkyl or cyclic N) is 1. The van der Waals surface area contributed by atoms with Gasteiger partial charge < -0.3 is 24.6 Å². The van der Waals surface area contributed by atoms with Crippen molar-refractivity contribution in [2.45, 2.75) is 43.2 Å². The first-order chi connectivity index (χ1) is 22.4. The minimum atomic E-state index is -4.89. The van der Waals surface area contributed by atoms with Gasteiger partial charge in [-0.25, -0.2) is 18.2 Å². The number of aliphatic hydroxyl groups is 1. The number of phenols is 1.